The van der Waals surface area contributed by atoms with Crippen molar-refractivity contribution < 1.29 is 36.3 Å². The van der Waals surface area contributed by atoms with Crippen LogP contribution in [0, 0.1) is 11.8 Å². The second-order valence-electron chi connectivity index (χ2n) is 11.9. The van der Waals surface area contributed by atoms with Crippen molar-refractivity contribution >= 4 is 17.6 Å². The highest BCUT2D eigenvalue weighted by molar-refractivity contribution is 5.95. The number of ketones is 1. The predicted octanol–water partition coefficient (Wildman–Crippen LogP) is 4.99. The highest BCUT2D eigenvalue weighted by Gasteiger charge is 2.51. The van der Waals surface area contributed by atoms with Gasteiger partial charge in [0.05, 0.1) is 23.2 Å². The van der Waals surface area contributed by atoms with Crippen molar-refractivity contribution in [2.75, 3.05) is 0 Å². The number of carbonyl (C=O) groups is 3. The average Bonchev–Trinajstić information content (AvgIpc) is 3.73. The van der Waals surface area contributed by atoms with E-state index in [0.717, 1.165) is 0 Å². The Morgan fingerprint density at radius 1 is 1.07 bits per heavy atom. The van der Waals surface area contributed by atoms with Crippen LogP contribution in [0.5, 0.6) is 0 Å². The van der Waals surface area contributed by atoms with E-state index >= 15 is 0 Å². The molecule has 2 aliphatic rings. The van der Waals surface area contributed by atoms with Crippen LogP contribution in [0.4, 0.5) is 22.0 Å². The summed E-state index contributed by atoms with van der Waals surface area (Å²) in [7, 11) is 0. The van der Waals surface area contributed by atoms with Gasteiger partial charge < -0.3 is 11.1 Å². The van der Waals surface area contributed by atoms with Crippen molar-refractivity contribution in [2.24, 2.45) is 17.6 Å². The fourth-order valence-corrected chi connectivity index (χ4v) is 5.45. The van der Waals surface area contributed by atoms with Gasteiger partial charge in [-0.2, -0.15) is 22.0 Å². The van der Waals surface area contributed by atoms with Crippen molar-refractivity contribution in [3.63, 3.8) is 0 Å². The average molecular weight is 595 g/mol. The number of nitrogens with two attached hydrogens (primary N) is 1. The fraction of sp³-hybridized carbons (Fsp3) is 0.533. The van der Waals surface area contributed by atoms with E-state index in [4.69, 9.17) is 5.73 Å². The van der Waals surface area contributed by atoms with Gasteiger partial charge in [-0.25, -0.2) is 0 Å². The van der Waals surface area contributed by atoms with Gasteiger partial charge in [0.1, 0.15) is 6.04 Å². The number of benzene rings is 1. The molecule has 2 amide bonds. The van der Waals surface area contributed by atoms with Gasteiger partial charge in [-0.15, -0.1) is 0 Å². The molecule has 0 saturated heterocycles. The summed E-state index contributed by atoms with van der Waals surface area (Å²) < 4.78 is 71.0. The van der Waals surface area contributed by atoms with Crippen LogP contribution >= 0.6 is 0 Å². The zero-order chi connectivity index (χ0) is 31.0. The van der Waals surface area contributed by atoms with Crippen LogP contribution < -0.4 is 16.4 Å². The second kappa shape index (κ2) is 11.7. The molecule has 2 fully saturated rings. The molecule has 0 bridgehead atoms. The number of alkyl halides is 5. The molecule has 1 heterocycles. The largest absolute Gasteiger partial charge is 0.407 e. The minimum absolute atomic E-state index is 0.00686. The summed E-state index contributed by atoms with van der Waals surface area (Å²) in [6.07, 6.45) is -2.63. The molecular formula is C30H35F5N4O3. The van der Waals surface area contributed by atoms with Crippen LogP contribution in [0.15, 0.2) is 42.6 Å². The van der Waals surface area contributed by atoms with E-state index in [1.54, 1.807) is 39.1 Å². The molecule has 0 spiro atoms. The maximum absolute atomic E-state index is 14.3. The molecule has 4 rings (SSSR count). The highest BCUT2D eigenvalue weighted by Crippen LogP contribution is 2.47. The lowest BCUT2D eigenvalue weighted by Crippen LogP contribution is -2.59. The van der Waals surface area contributed by atoms with E-state index in [1.165, 1.54) is 24.3 Å². The number of pyridine rings is 1. The summed E-state index contributed by atoms with van der Waals surface area (Å²) in [5.41, 5.74) is 6.36. The predicted molar refractivity (Wildman–Crippen MR) is 145 cm³/mol. The van der Waals surface area contributed by atoms with Crippen LogP contribution in [0.25, 0.3) is 11.3 Å². The minimum Gasteiger partial charge on any atom is -0.369 e. The first-order valence-electron chi connectivity index (χ1n) is 14.0. The van der Waals surface area contributed by atoms with E-state index in [-0.39, 0.29) is 24.3 Å². The number of aromatic nitrogens is 1. The second-order valence-corrected chi connectivity index (χ2v) is 11.9. The number of hydrogen-bond acceptors (Lipinski definition) is 5. The third kappa shape index (κ3) is 6.63. The highest BCUT2D eigenvalue weighted by atomic mass is 19.4. The third-order valence-corrected chi connectivity index (χ3v) is 8.22. The Hall–Kier alpha value is -3.41. The number of rotatable bonds is 10. The van der Waals surface area contributed by atoms with E-state index in [1.807, 2.05) is 0 Å². The summed E-state index contributed by atoms with van der Waals surface area (Å²) in [5.74, 6) is -7.19. The molecule has 228 valence electrons. The molecule has 4 atom stereocenters. The number of Topliss-reactive ketones (excluding diaryl/α,β-unsaturated/α-hetero) is 1. The lowest BCUT2D eigenvalue weighted by atomic mass is 9.82. The lowest BCUT2D eigenvalue weighted by Gasteiger charge is -2.35. The van der Waals surface area contributed by atoms with E-state index in [0.29, 0.717) is 29.7 Å². The number of amides is 2. The topological polar surface area (TPSA) is 114 Å². The standard InChI is InChI=1S/C30H35F5N4O3/c1-16(2)14-22(26(41)39-23-17(3)10-11-29(31,32)25(23)40)38-24(30(33,34)35)19-6-4-18(5-7-19)21-9-8-20(15-37-21)28(12-13-28)27(36)42/h4-9,15-17,22-24,38H,10-14H2,1-3H3,(H2,36,42)(H,39,41)/t17?,22-,23-,24?/m0/s1. The van der Waals surface area contributed by atoms with Crippen molar-refractivity contribution in [3.8, 4) is 11.3 Å². The van der Waals surface area contributed by atoms with Crippen molar-refractivity contribution in [2.45, 2.75) is 88.5 Å². The molecular weight excluding hydrogens is 559 g/mol. The summed E-state index contributed by atoms with van der Waals surface area (Å²) >= 11 is 0. The summed E-state index contributed by atoms with van der Waals surface area (Å²) in [6.45, 7) is 4.98. The molecule has 42 heavy (non-hydrogen) atoms. The SMILES string of the molecule is CC(C)C[C@H](NC(c1ccc(-c2ccc(C3(C(N)=O)CC3)cn2)cc1)C(F)(F)F)C(=O)N[C@@H]1C(=O)C(F)(F)CCC1C. The summed E-state index contributed by atoms with van der Waals surface area (Å²) in [6, 6.07) is 3.77. The van der Waals surface area contributed by atoms with E-state index in [2.05, 4.69) is 15.6 Å². The van der Waals surface area contributed by atoms with Crippen LogP contribution in [-0.4, -0.2) is 46.8 Å². The maximum atomic E-state index is 14.3. The normalized spacial score (nSPS) is 22.8. The Morgan fingerprint density at radius 2 is 1.71 bits per heavy atom. The molecule has 2 aromatic rings. The van der Waals surface area contributed by atoms with Crippen LogP contribution in [-0.2, 0) is 19.8 Å². The van der Waals surface area contributed by atoms with Gasteiger partial charge in [-0.05, 0) is 54.7 Å². The molecule has 7 nitrogen and oxygen atoms in total. The van der Waals surface area contributed by atoms with Gasteiger partial charge in [-0.1, -0.05) is 51.1 Å². The Labute approximate surface area is 240 Å². The Kier molecular flexibility index (Phi) is 8.78. The first-order chi connectivity index (χ1) is 19.5. The van der Waals surface area contributed by atoms with Gasteiger partial charge in [0.2, 0.25) is 17.6 Å². The van der Waals surface area contributed by atoms with Crippen molar-refractivity contribution in [3.05, 3.63) is 53.7 Å². The summed E-state index contributed by atoms with van der Waals surface area (Å²) in [5, 5.41) is 4.70. The Morgan fingerprint density at radius 3 is 2.21 bits per heavy atom. The molecule has 4 N–H and O–H groups in total. The van der Waals surface area contributed by atoms with Gasteiger partial charge in [-0.3, -0.25) is 24.7 Å². The van der Waals surface area contributed by atoms with Crippen LogP contribution in [0.3, 0.4) is 0 Å². The maximum Gasteiger partial charge on any atom is 0.407 e. The van der Waals surface area contributed by atoms with Crippen molar-refractivity contribution in [1.29, 1.82) is 0 Å². The van der Waals surface area contributed by atoms with Gasteiger partial charge in [0.15, 0.2) is 0 Å². The van der Waals surface area contributed by atoms with Crippen molar-refractivity contribution in [1.82, 2.24) is 15.6 Å². The lowest BCUT2D eigenvalue weighted by molar-refractivity contribution is -0.162. The van der Waals surface area contributed by atoms with Gasteiger partial charge >= 0.3 is 12.1 Å². The molecule has 0 radical (unpaired) electrons. The summed E-state index contributed by atoms with van der Waals surface area (Å²) in [4.78, 5) is 41.6. The Balaban J connectivity index is 1.53. The zero-order valence-electron chi connectivity index (χ0n) is 23.6. The minimum atomic E-state index is -4.80. The number of nitrogens with zero attached hydrogens (tertiary/aromatic N) is 1. The number of carbonyl (C=O) groups excluding carboxylic acids is 3. The number of nitrogens with one attached hydrogen (secondary N) is 2. The number of hydrogen-bond donors (Lipinski definition) is 3. The molecule has 12 heteroatoms. The Bertz CT molecular complexity index is 1310. The van der Waals surface area contributed by atoms with E-state index in [9.17, 15) is 36.3 Å². The molecule has 1 aromatic carbocycles. The third-order valence-electron chi connectivity index (χ3n) is 8.22. The van der Waals surface area contributed by atoms with Crippen LogP contribution in [0.2, 0.25) is 0 Å². The number of primary amides is 1. The monoisotopic (exact) mass is 594 g/mol. The quantitative estimate of drug-likeness (QED) is 0.336. The molecule has 2 unspecified atom stereocenters. The zero-order valence-corrected chi connectivity index (χ0v) is 23.6. The smallest absolute Gasteiger partial charge is 0.369 e. The molecule has 2 saturated carbocycles. The first-order valence-corrected chi connectivity index (χ1v) is 14.0. The van der Waals surface area contributed by atoms with E-state index < -0.39 is 65.6 Å². The molecule has 1 aromatic heterocycles. The molecule has 2 aliphatic carbocycles. The van der Waals surface area contributed by atoms with Gasteiger partial charge in [0, 0.05) is 18.2 Å². The first kappa shape index (κ1) is 31.5. The fourth-order valence-electron chi connectivity index (χ4n) is 5.45. The number of halogens is 5. The van der Waals surface area contributed by atoms with Crippen LogP contribution in [0.1, 0.15) is 70.0 Å². The van der Waals surface area contributed by atoms with Gasteiger partial charge in [0.25, 0.3) is 0 Å². The molecule has 0 aliphatic heterocycles.